The average Bonchev–Trinajstić information content (AvgIpc) is 2.86. The number of amides is 1. The number of sulfonamides is 1. The van der Waals surface area contributed by atoms with Crippen molar-refractivity contribution >= 4 is 39.4 Å². The lowest BCUT2D eigenvalue weighted by Gasteiger charge is -2.21. The minimum absolute atomic E-state index is 0.315. The second kappa shape index (κ2) is 13.0. The fourth-order valence-corrected chi connectivity index (χ4v) is 4.34. The molecule has 3 aromatic carbocycles. The highest BCUT2D eigenvalue weighted by Crippen LogP contribution is 2.29. The molecule has 0 aliphatic carbocycles. The first-order valence-corrected chi connectivity index (χ1v) is 13.5. The van der Waals surface area contributed by atoms with Crippen LogP contribution in [0.4, 0.5) is 5.69 Å². The Labute approximate surface area is 221 Å². The van der Waals surface area contributed by atoms with Gasteiger partial charge in [-0.3, -0.25) is 9.10 Å². The molecule has 0 spiro atoms. The predicted octanol–water partition coefficient (Wildman–Crippen LogP) is 4.24. The fraction of sp³-hybridized carbons (Fsp3) is 0.231. The summed E-state index contributed by atoms with van der Waals surface area (Å²) in [5, 5.41) is 4.58. The van der Waals surface area contributed by atoms with E-state index in [1.54, 1.807) is 48.5 Å². The van der Waals surface area contributed by atoms with E-state index in [2.05, 4.69) is 10.5 Å². The number of hydrazone groups is 1. The van der Waals surface area contributed by atoms with Gasteiger partial charge in [0.25, 0.3) is 5.91 Å². The van der Waals surface area contributed by atoms with Crippen molar-refractivity contribution in [2.45, 2.75) is 13.5 Å². The molecule has 9 nitrogen and oxygen atoms in total. The summed E-state index contributed by atoms with van der Waals surface area (Å²) in [7, 11) is -2.20. The monoisotopic (exact) mass is 545 g/mol. The molecule has 0 fully saturated rings. The Hall–Kier alpha value is -3.76. The minimum Gasteiger partial charge on any atom is -0.497 e. The van der Waals surface area contributed by atoms with Gasteiger partial charge in [0.2, 0.25) is 10.0 Å². The number of rotatable bonds is 12. The van der Waals surface area contributed by atoms with Gasteiger partial charge in [-0.25, -0.2) is 13.8 Å². The zero-order chi connectivity index (χ0) is 26.8. The second-order valence-corrected chi connectivity index (χ2v) is 10.2. The molecule has 0 saturated heterocycles. The quantitative estimate of drug-likeness (QED) is 0.269. The smallest absolute Gasteiger partial charge is 0.260 e. The van der Waals surface area contributed by atoms with Crippen molar-refractivity contribution in [3.8, 4) is 17.2 Å². The van der Waals surface area contributed by atoms with Gasteiger partial charge < -0.3 is 14.2 Å². The third-order valence-electron chi connectivity index (χ3n) is 5.00. The number of ether oxygens (including phenoxy) is 3. The van der Waals surface area contributed by atoms with Crippen LogP contribution in [0.3, 0.4) is 0 Å². The molecule has 0 bridgehead atoms. The van der Waals surface area contributed by atoms with Gasteiger partial charge in [0.1, 0.15) is 18.9 Å². The summed E-state index contributed by atoms with van der Waals surface area (Å²) in [6.45, 7) is 2.16. The molecule has 0 atom stereocenters. The van der Waals surface area contributed by atoms with Crippen molar-refractivity contribution in [3.63, 3.8) is 0 Å². The van der Waals surface area contributed by atoms with Gasteiger partial charge in [-0.1, -0.05) is 23.7 Å². The Kier molecular flexibility index (Phi) is 9.76. The molecule has 37 heavy (non-hydrogen) atoms. The average molecular weight is 546 g/mol. The maximum absolute atomic E-state index is 12.4. The maximum atomic E-state index is 12.4. The molecule has 1 amide bonds. The molecular weight excluding hydrogens is 518 g/mol. The Morgan fingerprint density at radius 2 is 1.81 bits per heavy atom. The number of hydrogen-bond donors (Lipinski definition) is 1. The van der Waals surface area contributed by atoms with Gasteiger partial charge in [0.05, 0.1) is 31.9 Å². The lowest BCUT2D eigenvalue weighted by atomic mass is 10.2. The maximum Gasteiger partial charge on any atom is 0.260 e. The minimum atomic E-state index is -3.71. The molecule has 0 unspecified atom stereocenters. The number of nitrogens with one attached hydrogen (secondary N) is 1. The van der Waals surface area contributed by atoms with Crippen LogP contribution in [-0.2, 0) is 21.4 Å². The van der Waals surface area contributed by atoms with Gasteiger partial charge >= 0.3 is 0 Å². The largest absolute Gasteiger partial charge is 0.497 e. The van der Waals surface area contributed by atoms with Gasteiger partial charge in [-0.2, -0.15) is 5.10 Å². The SMILES string of the molecule is CCOc1cc(/C=N\NC(=O)CN(c2ccc(OC)cc2)S(C)(=O)=O)ccc1OCc1cccc(Cl)c1. The Morgan fingerprint density at radius 1 is 1.05 bits per heavy atom. The number of hydrogen-bond acceptors (Lipinski definition) is 7. The molecule has 3 rings (SSSR count). The molecule has 3 aromatic rings. The van der Waals surface area contributed by atoms with Crippen LogP contribution < -0.4 is 23.9 Å². The second-order valence-electron chi connectivity index (χ2n) is 7.82. The Balaban J connectivity index is 1.65. The zero-order valence-corrected chi connectivity index (χ0v) is 22.3. The van der Waals surface area contributed by atoms with Gasteiger partial charge in [0.15, 0.2) is 11.5 Å². The Morgan fingerprint density at radius 3 is 2.46 bits per heavy atom. The van der Waals surface area contributed by atoms with E-state index in [0.29, 0.717) is 46.7 Å². The highest BCUT2D eigenvalue weighted by atomic mass is 35.5. The third-order valence-corrected chi connectivity index (χ3v) is 6.38. The molecule has 0 heterocycles. The molecule has 0 saturated carbocycles. The van der Waals surface area contributed by atoms with E-state index < -0.39 is 22.5 Å². The van der Waals surface area contributed by atoms with E-state index in [1.165, 1.54) is 13.3 Å². The summed E-state index contributed by atoms with van der Waals surface area (Å²) in [6.07, 6.45) is 2.46. The standard InChI is InChI=1S/C26H28ClN3O6S/c1-4-35-25-15-19(8-13-24(25)36-18-20-6-5-7-21(27)14-20)16-28-29-26(31)17-30(37(3,32)33)22-9-11-23(34-2)12-10-22/h5-16H,4,17-18H2,1-3H3,(H,29,31)/b28-16-. The lowest BCUT2D eigenvalue weighted by molar-refractivity contribution is -0.119. The first-order valence-electron chi connectivity index (χ1n) is 11.3. The van der Waals surface area contributed by atoms with Gasteiger partial charge in [0, 0.05) is 5.02 Å². The van der Waals surface area contributed by atoms with Crippen molar-refractivity contribution in [1.82, 2.24) is 5.43 Å². The van der Waals surface area contributed by atoms with Crippen LogP contribution in [0, 0.1) is 0 Å². The number of nitrogens with zero attached hydrogens (tertiary/aromatic N) is 2. The molecule has 196 valence electrons. The van der Waals surface area contributed by atoms with Crippen molar-refractivity contribution in [1.29, 1.82) is 0 Å². The van der Waals surface area contributed by atoms with E-state index >= 15 is 0 Å². The molecule has 0 aliphatic heterocycles. The molecule has 1 N–H and O–H groups in total. The number of halogens is 1. The number of benzene rings is 3. The van der Waals surface area contributed by atoms with Crippen LogP contribution in [0.1, 0.15) is 18.1 Å². The topological polar surface area (TPSA) is 107 Å². The van der Waals surface area contributed by atoms with Crippen molar-refractivity contribution in [2.75, 3.05) is 30.8 Å². The van der Waals surface area contributed by atoms with Crippen LogP contribution in [0.15, 0.2) is 71.8 Å². The van der Waals surface area contributed by atoms with Crippen molar-refractivity contribution in [3.05, 3.63) is 82.9 Å². The van der Waals surface area contributed by atoms with E-state index in [4.69, 9.17) is 25.8 Å². The molecule has 11 heteroatoms. The van der Waals surface area contributed by atoms with Crippen LogP contribution in [0.5, 0.6) is 17.2 Å². The summed E-state index contributed by atoms with van der Waals surface area (Å²) >= 11 is 6.03. The lowest BCUT2D eigenvalue weighted by Crippen LogP contribution is -2.39. The fourth-order valence-electron chi connectivity index (χ4n) is 3.27. The van der Waals surface area contributed by atoms with Crippen LogP contribution >= 0.6 is 11.6 Å². The van der Waals surface area contributed by atoms with E-state index in [-0.39, 0.29) is 0 Å². The van der Waals surface area contributed by atoms with Crippen LogP contribution in [0.25, 0.3) is 0 Å². The summed E-state index contributed by atoms with van der Waals surface area (Å²) in [6, 6.07) is 19.0. The van der Waals surface area contributed by atoms with E-state index in [1.807, 2.05) is 25.1 Å². The molecule has 0 radical (unpaired) electrons. The van der Waals surface area contributed by atoms with E-state index in [0.717, 1.165) is 16.1 Å². The highest BCUT2D eigenvalue weighted by molar-refractivity contribution is 7.92. The third kappa shape index (κ3) is 8.40. The summed E-state index contributed by atoms with van der Waals surface area (Å²) in [5.74, 6) is 1.02. The van der Waals surface area contributed by atoms with Crippen molar-refractivity contribution in [2.24, 2.45) is 5.10 Å². The van der Waals surface area contributed by atoms with Gasteiger partial charge in [-0.05, 0) is 72.6 Å². The highest BCUT2D eigenvalue weighted by Gasteiger charge is 2.20. The summed E-state index contributed by atoms with van der Waals surface area (Å²) in [5.41, 5.74) is 4.25. The first-order chi connectivity index (χ1) is 17.7. The van der Waals surface area contributed by atoms with Crippen molar-refractivity contribution < 1.29 is 27.4 Å². The van der Waals surface area contributed by atoms with Crippen LogP contribution in [0.2, 0.25) is 5.02 Å². The number of carbonyl (C=O) groups is 1. The number of carbonyl (C=O) groups excluding carboxylic acids is 1. The number of methoxy groups -OCH3 is 1. The first kappa shape index (κ1) is 27.8. The summed E-state index contributed by atoms with van der Waals surface area (Å²) in [4.78, 5) is 12.4. The zero-order valence-electron chi connectivity index (χ0n) is 20.7. The van der Waals surface area contributed by atoms with E-state index in [9.17, 15) is 13.2 Å². The molecular formula is C26H28ClN3O6S. The molecule has 0 aromatic heterocycles. The predicted molar refractivity (Wildman–Crippen MR) is 144 cm³/mol. The summed E-state index contributed by atoms with van der Waals surface area (Å²) < 4.78 is 42.2. The molecule has 0 aliphatic rings. The normalized spacial score (nSPS) is 11.2. The Bertz CT molecular complexity index is 1350. The van der Waals surface area contributed by atoms with Crippen LogP contribution in [-0.4, -0.2) is 47.1 Å². The van der Waals surface area contributed by atoms with Gasteiger partial charge in [-0.15, -0.1) is 0 Å². The number of anilines is 1.